The summed E-state index contributed by atoms with van der Waals surface area (Å²) in [6.45, 7) is 3.40. The number of hydrogen-bond donors (Lipinski definition) is 2. The van der Waals surface area contributed by atoms with Gasteiger partial charge in [-0.2, -0.15) is 0 Å². The van der Waals surface area contributed by atoms with Gasteiger partial charge in [0, 0.05) is 5.02 Å². The molecule has 0 unspecified atom stereocenters. The predicted octanol–water partition coefficient (Wildman–Crippen LogP) is 6.15. The molecule has 9 nitrogen and oxygen atoms in total. The molecule has 5 amide bonds. The van der Waals surface area contributed by atoms with Crippen LogP contribution in [-0.2, 0) is 14.4 Å². The number of halogens is 3. The van der Waals surface area contributed by atoms with Crippen molar-refractivity contribution in [2.45, 2.75) is 13.8 Å². The molecule has 206 valence electrons. The van der Waals surface area contributed by atoms with Gasteiger partial charge in [0.2, 0.25) is 0 Å². The summed E-state index contributed by atoms with van der Waals surface area (Å²) in [6, 6.07) is 13.8. The molecule has 2 N–H and O–H groups in total. The fourth-order valence-corrected chi connectivity index (χ4v) is 4.75. The van der Waals surface area contributed by atoms with E-state index in [-0.39, 0.29) is 36.0 Å². The van der Waals surface area contributed by atoms with Crippen LogP contribution in [0.25, 0.3) is 6.08 Å². The second kappa shape index (κ2) is 12.5. The third-order valence-corrected chi connectivity index (χ3v) is 6.81. The quantitative estimate of drug-likeness (QED) is 0.224. The number of barbiturate groups is 1. The van der Waals surface area contributed by atoms with Crippen molar-refractivity contribution in [1.82, 2.24) is 5.32 Å². The van der Waals surface area contributed by atoms with Gasteiger partial charge in [0.15, 0.2) is 18.1 Å². The summed E-state index contributed by atoms with van der Waals surface area (Å²) in [5.74, 6) is -1.61. The number of carbonyl (C=O) groups excluding carboxylic acids is 4. The highest BCUT2D eigenvalue weighted by Crippen LogP contribution is 2.38. The highest BCUT2D eigenvalue weighted by molar-refractivity contribution is 9.10. The first kappa shape index (κ1) is 29.1. The molecule has 0 aliphatic carbocycles. The van der Waals surface area contributed by atoms with E-state index < -0.39 is 23.8 Å². The molecular weight excluding hydrogens is 625 g/mol. The first-order valence-corrected chi connectivity index (χ1v) is 13.4. The number of rotatable bonds is 8. The van der Waals surface area contributed by atoms with Gasteiger partial charge in [-0.05, 0) is 83.4 Å². The number of para-hydroxylation sites is 1. The van der Waals surface area contributed by atoms with E-state index in [0.717, 1.165) is 4.90 Å². The van der Waals surface area contributed by atoms with Crippen molar-refractivity contribution < 1.29 is 28.7 Å². The molecule has 0 spiro atoms. The summed E-state index contributed by atoms with van der Waals surface area (Å²) >= 11 is 15.6. The Kier molecular flexibility index (Phi) is 9.14. The van der Waals surface area contributed by atoms with E-state index >= 15 is 0 Å². The number of anilines is 2. The maximum Gasteiger partial charge on any atom is 0.335 e. The molecule has 0 radical (unpaired) electrons. The minimum Gasteiger partial charge on any atom is -0.490 e. The van der Waals surface area contributed by atoms with E-state index in [1.807, 2.05) is 0 Å². The topological polar surface area (TPSA) is 114 Å². The third kappa shape index (κ3) is 6.47. The first-order valence-electron chi connectivity index (χ1n) is 11.9. The predicted molar refractivity (Wildman–Crippen MR) is 156 cm³/mol. The summed E-state index contributed by atoms with van der Waals surface area (Å²) in [5, 5.41) is 5.57. The number of nitrogens with zero attached hydrogens (tertiary/aromatic N) is 1. The van der Waals surface area contributed by atoms with Gasteiger partial charge in [0.1, 0.15) is 5.57 Å². The average molecular weight is 647 g/mol. The average Bonchev–Trinajstić information content (AvgIpc) is 2.89. The van der Waals surface area contributed by atoms with Crippen LogP contribution in [-0.4, -0.2) is 37.0 Å². The Morgan fingerprint density at radius 3 is 2.55 bits per heavy atom. The summed E-state index contributed by atoms with van der Waals surface area (Å²) in [7, 11) is 0. The zero-order chi connectivity index (χ0) is 29.0. The van der Waals surface area contributed by atoms with E-state index in [1.54, 1.807) is 62.4 Å². The maximum atomic E-state index is 13.3. The number of aryl methyl sites for hydroxylation is 1. The lowest BCUT2D eigenvalue weighted by Gasteiger charge is -2.27. The Bertz CT molecular complexity index is 1560. The lowest BCUT2D eigenvalue weighted by molar-refractivity contribution is -0.122. The van der Waals surface area contributed by atoms with Crippen molar-refractivity contribution in [1.29, 1.82) is 0 Å². The largest absolute Gasteiger partial charge is 0.490 e. The SMILES string of the molecule is CCOc1cc(/C=C2\C(=O)NC(=O)N(c3cc(Cl)ccc3C)C2=O)cc(Br)c1OCC(=O)Nc1ccccc1Cl. The molecule has 12 heteroatoms. The molecule has 1 aliphatic heterocycles. The molecule has 1 fully saturated rings. The Morgan fingerprint density at radius 1 is 1.07 bits per heavy atom. The van der Waals surface area contributed by atoms with E-state index in [1.165, 1.54) is 12.1 Å². The van der Waals surface area contributed by atoms with Crippen LogP contribution < -0.4 is 25.0 Å². The van der Waals surface area contributed by atoms with Crippen molar-refractivity contribution in [3.8, 4) is 11.5 Å². The van der Waals surface area contributed by atoms with Gasteiger partial charge in [0.05, 0.1) is 27.5 Å². The summed E-state index contributed by atoms with van der Waals surface area (Å²) in [5.41, 5.74) is 1.44. The number of hydrogen-bond acceptors (Lipinski definition) is 6. The minimum absolute atomic E-state index is 0.240. The molecular formula is C28H22BrCl2N3O6. The second-order valence-corrected chi connectivity index (χ2v) is 10.2. The van der Waals surface area contributed by atoms with Crippen molar-refractivity contribution in [2.75, 3.05) is 23.4 Å². The Morgan fingerprint density at radius 2 is 1.82 bits per heavy atom. The molecule has 40 heavy (non-hydrogen) atoms. The van der Waals surface area contributed by atoms with Gasteiger partial charge >= 0.3 is 6.03 Å². The van der Waals surface area contributed by atoms with E-state index in [4.69, 9.17) is 32.7 Å². The lowest BCUT2D eigenvalue weighted by atomic mass is 10.1. The monoisotopic (exact) mass is 645 g/mol. The Hall–Kier alpha value is -3.86. The van der Waals surface area contributed by atoms with Crippen LogP contribution in [0.5, 0.6) is 11.5 Å². The summed E-state index contributed by atoms with van der Waals surface area (Å²) in [6.07, 6.45) is 1.33. The van der Waals surface area contributed by atoms with Crippen LogP contribution in [0.1, 0.15) is 18.1 Å². The van der Waals surface area contributed by atoms with Crippen molar-refractivity contribution in [3.05, 3.63) is 85.8 Å². The number of urea groups is 1. The lowest BCUT2D eigenvalue weighted by Crippen LogP contribution is -2.54. The maximum absolute atomic E-state index is 13.3. The molecule has 0 saturated carbocycles. The summed E-state index contributed by atoms with van der Waals surface area (Å²) < 4.78 is 11.8. The van der Waals surface area contributed by atoms with Crippen molar-refractivity contribution in [2.24, 2.45) is 0 Å². The molecule has 0 bridgehead atoms. The van der Waals surface area contributed by atoms with Crippen molar-refractivity contribution in [3.63, 3.8) is 0 Å². The summed E-state index contributed by atoms with van der Waals surface area (Å²) in [4.78, 5) is 51.9. The van der Waals surface area contributed by atoms with Gasteiger partial charge in [-0.1, -0.05) is 41.4 Å². The fourth-order valence-electron chi connectivity index (χ4n) is 3.83. The number of carbonyl (C=O) groups is 4. The Labute approximate surface area is 248 Å². The molecule has 0 aromatic heterocycles. The van der Waals surface area contributed by atoms with Crippen LogP contribution >= 0.6 is 39.1 Å². The molecule has 0 atom stereocenters. The number of benzene rings is 3. The van der Waals surface area contributed by atoms with E-state index in [2.05, 4.69) is 26.6 Å². The van der Waals surface area contributed by atoms with Gasteiger partial charge in [0.25, 0.3) is 17.7 Å². The molecule has 4 rings (SSSR count). The van der Waals surface area contributed by atoms with Gasteiger partial charge in [-0.3, -0.25) is 19.7 Å². The molecule has 1 heterocycles. The second-order valence-electron chi connectivity index (χ2n) is 8.47. The molecule has 3 aromatic carbocycles. The highest BCUT2D eigenvalue weighted by atomic mass is 79.9. The minimum atomic E-state index is -0.882. The van der Waals surface area contributed by atoms with Gasteiger partial charge < -0.3 is 14.8 Å². The number of ether oxygens (including phenoxy) is 2. The standard InChI is InChI=1S/C28H22BrCl2N3O6/c1-3-39-23-12-16(11-19(29)25(23)40-14-24(35)32-21-7-5-4-6-20(21)31)10-18-26(36)33-28(38)34(27(18)37)22-13-17(30)9-8-15(22)2/h4-13H,3,14H2,1-2H3,(H,32,35)(H,33,36,38)/b18-10+. The smallest absolute Gasteiger partial charge is 0.335 e. The Balaban J connectivity index is 1.61. The van der Waals surface area contributed by atoms with Crippen LogP contribution in [0.4, 0.5) is 16.2 Å². The van der Waals surface area contributed by atoms with Gasteiger partial charge in [-0.15, -0.1) is 0 Å². The normalized spacial score (nSPS) is 14.3. The zero-order valence-corrected chi connectivity index (χ0v) is 24.3. The van der Waals surface area contributed by atoms with Crippen LogP contribution in [0.3, 0.4) is 0 Å². The highest BCUT2D eigenvalue weighted by Gasteiger charge is 2.37. The molecule has 1 saturated heterocycles. The first-order chi connectivity index (χ1) is 19.1. The van der Waals surface area contributed by atoms with Crippen molar-refractivity contribution >= 4 is 80.3 Å². The van der Waals surface area contributed by atoms with Crippen LogP contribution in [0, 0.1) is 6.92 Å². The van der Waals surface area contributed by atoms with E-state index in [9.17, 15) is 19.2 Å². The van der Waals surface area contributed by atoms with Crippen LogP contribution in [0.2, 0.25) is 10.0 Å². The number of nitrogens with one attached hydrogen (secondary N) is 2. The zero-order valence-electron chi connectivity index (χ0n) is 21.2. The number of imide groups is 2. The molecule has 3 aromatic rings. The van der Waals surface area contributed by atoms with E-state index in [0.29, 0.717) is 31.3 Å². The number of amides is 5. The fraction of sp³-hybridized carbons (Fsp3) is 0.143. The van der Waals surface area contributed by atoms with Crippen LogP contribution in [0.15, 0.2) is 64.6 Å². The molecule has 1 aliphatic rings. The van der Waals surface area contributed by atoms with Gasteiger partial charge in [-0.25, -0.2) is 9.69 Å². The third-order valence-electron chi connectivity index (χ3n) is 5.65.